The molecule has 0 saturated heterocycles. The van der Waals surface area contributed by atoms with Gasteiger partial charge >= 0.3 is 5.97 Å². The maximum absolute atomic E-state index is 12.9. The van der Waals surface area contributed by atoms with E-state index in [1.54, 1.807) is 57.2 Å². The summed E-state index contributed by atoms with van der Waals surface area (Å²) in [4.78, 5) is 49.1. The van der Waals surface area contributed by atoms with Gasteiger partial charge in [0.25, 0.3) is 5.91 Å². The molecule has 1 heterocycles. The van der Waals surface area contributed by atoms with Gasteiger partial charge in [-0.1, -0.05) is 65.4 Å². The maximum Gasteiger partial charge on any atom is 0.326 e. The molecule has 0 fully saturated rings. The van der Waals surface area contributed by atoms with Gasteiger partial charge in [-0.15, -0.1) is 0 Å². The van der Waals surface area contributed by atoms with Crippen molar-refractivity contribution in [2.24, 2.45) is 0 Å². The Labute approximate surface area is 223 Å². The van der Waals surface area contributed by atoms with Crippen molar-refractivity contribution in [1.29, 1.82) is 0 Å². The number of nitrogens with one attached hydrogen (secondary N) is 2. The van der Waals surface area contributed by atoms with E-state index in [4.69, 9.17) is 0 Å². The number of carboxylic acid groups (broad SMARTS) is 1. The summed E-state index contributed by atoms with van der Waals surface area (Å²) in [5, 5.41) is 14.8. The largest absolute Gasteiger partial charge is 0.480 e. The van der Waals surface area contributed by atoms with Crippen LogP contribution in [0.2, 0.25) is 0 Å². The number of benzene rings is 2. The second-order valence-electron chi connectivity index (χ2n) is 10.1. The lowest BCUT2D eigenvalue weighted by Crippen LogP contribution is -2.52. The lowest BCUT2D eigenvalue weighted by molar-refractivity contribution is -0.142. The first-order chi connectivity index (χ1) is 17.7. The zero-order valence-corrected chi connectivity index (χ0v) is 22.5. The minimum atomic E-state index is -3.54. The number of nitrogens with zero attached hydrogens (tertiary/aromatic N) is 1. The molecule has 1 aliphatic rings. The summed E-state index contributed by atoms with van der Waals surface area (Å²) >= 11 is 0. The summed E-state index contributed by atoms with van der Waals surface area (Å²) in [7, 11) is -3.54. The monoisotopic (exact) mass is 543 g/mol. The molecule has 5 N–H and O–H groups in total. The number of amides is 3. The minimum Gasteiger partial charge on any atom is -0.480 e. The summed E-state index contributed by atoms with van der Waals surface area (Å²) < 4.78 is 22.7. The van der Waals surface area contributed by atoms with Crippen molar-refractivity contribution in [3.05, 3.63) is 77.4 Å². The zero-order chi connectivity index (χ0) is 28.3. The van der Waals surface area contributed by atoms with E-state index in [1.807, 2.05) is 18.2 Å². The number of hydrogen-bond donors (Lipinski definition) is 5. The Bertz CT molecular complexity index is 1240. The van der Waals surface area contributed by atoms with E-state index in [-0.39, 0.29) is 17.7 Å². The SMILES string of the molecule is CC(=O)NC(Cc1ccccc1)C(=O)NC(Cc1ccc(C2=CC(=O)N(C(C)(C)C)S2(O)O)cc1)C(=O)O. The van der Waals surface area contributed by atoms with Crippen molar-refractivity contribution in [2.75, 3.05) is 0 Å². The van der Waals surface area contributed by atoms with Crippen LogP contribution in [-0.2, 0) is 32.0 Å². The lowest BCUT2D eigenvalue weighted by atomic mass is 10.0. The third-order valence-electron chi connectivity index (χ3n) is 5.88. The van der Waals surface area contributed by atoms with Gasteiger partial charge in [-0.3, -0.25) is 23.5 Å². The van der Waals surface area contributed by atoms with Gasteiger partial charge in [-0.2, -0.15) is 0 Å². The normalized spacial score (nSPS) is 17.3. The summed E-state index contributed by atoms with van der Waals surface area (Å²) in [5.41, 5.74) is 0.976. The molecule has 3 amide bonds. The molecule has 1 aliphatic heterocycles. The van der Waals surface area contributed by atoms with Crippen LogP contribution in [0.3, 0.4) is 0 Å². The molecule has 0 aromatic heterocycles. The topological polar surface area (TPSA) is 156 Å². The first kappa shape index (κ1) is 28.9. The minimum absolute atomic E-state index is 0.0537. The average Bonchev–Trinajstić information content (AvgIpc) is 3.07. The van der Waals surface area contributed by atoms with E-state index < -0.39 is 52.1 Å². The fourth-order valence-corrected chi connectivity index (χ4v) is 6.22. The number of hydrogen-bond acceptors (Lipinski definition) is 6. The third-order valence-corrected chi connectivity index (χ3v) is 8.06. The van der Waals surface area contributed by atoms with Crippen molar-refractivity contribution in [2.45, 2.75) is 58.2 Å². The number of aliphatic carboxylic acids is 1. The van der Waals surface area contributed by atoms with Crippen LogP contribution in [0.4, 0.5) is 0 Å². The van der Waals surface area contributed by atoms with Crippen LogP contribution < -0.4 is 10.6 Å². The highest BCUT2D eigenvalue weighted by atomic mass is 32.3. The Kier molecular flexibility index (Phi) is 8.65. The second kappa shape index (κ2) is 11.4. The van der Waals surface area contributed by atoms with Crippen LogP contribution in [0.1, 0.15) is 44.4 Å². The Morgan fingerprint density at radius 1 is 0.895 bits per heavy atom. The lowest BCUT2D eigenvalue weighted by Gasteiger charge is -2.46. The molecular weight excluding hydrogens is 510 g/mol. The van der Waals surface area contributed by atoms with Gasteiger partial charge in [-0.25, -0.2) is 9.10 Å². The first-order valence-electron chi connectivity index (χ1n) is 12.0. The van der Waals surface area contributed by atoms with Gasteiger partial charge < -0.3 is 15.7 Å². The van der Waals surface area contributed by atoms with Crippen LogP contribution in [0, 0.1) is 0 Å². The Hall–Kier alpha value is -3.67. The molecule has 2 aromatic carbocycles. The number of rotatable bonds is 9. The van der Waals surface area contributed by atoms with E-state index in [9.17, 15) is 33.4 Å². The van der Waals surface area contributed by atoms with Crippen molar-refractivity contribution in [3.8, 4) is 0 Å². The van der Waals surface area contributed by atoms with Gasteiger partial charge in [-0.05, 0) is 37.5 Å². The van der Waals surface area contributed by atoms with Gasteiger partial charge in [0, 0.05) is 25.8 Å². The molecule has 0 saturated carbocycles. The van der Waals surface area contributed by atoms with Crippen LogP contribution in [0.5, 0.6) is 0 Å². The molecule has 2 aromatic rings. The molecule has 0 aliphatic carbocycles. The first-order valence-corrected chi connectivity index (χ1v) is 13.5. The summed E-state index contributed by atoms with van der Waals surface area (Å²) in [6.07, 6.45) is 1.34. The van der Waals surface area contributed by atoms with Crippen molar-refractivity contribution < 1.29 is 33.4 Å². The standard InChI is InChI=1S/C27H33N3O7S/c1-17(31)28-21(14-18-8-6-5-7-9-18)25(33)29-22(26(34)35)15-19-10-12-20(13-11-19)23-16-24(32)30(27(2,3)4)38(23,36)37/h5-13,16,21-22,36-37H,14-15H2,1-4H3,(H,28,31)(H,29,33)(H,34,35). The predicted octanol–water partition coefficient (Wildman–Crippen LogP) is 3.19. The molecule has 0 spiro atoms. The fourth-order valence-electron chi connectivity index (χ4n) is 4.25. The van der Waals surface area contributed by atoms with Gasteiger partial charge in [0.1, 0.15) is 12.1 Å². The molecule has 2 unspecified atom stereocenters. The molecule has 0 radical (unpaired) electrons. The van der Waals surface area contributed by atoms with Crippen molar-refractivity contribution >= 4 is 39.4 Å². The fraction of sp³-hybridized carbons (Fsp3) is 0.333. The second-order valence-corrected chi connectivity index (χ2v) is 11.9. The number of carbonyl (C=O) groups is 4. The van der Waals surface area contributed by atoms with Crippen molar-refractivity contribution in [1.82, 2.24) is 14.9 Å². The maximum atomic E-state index is 12.9. The molecule has 10 nitrogen and oxygen atoms in total. The van der Waals surface area contributed by atoms with E-state index >= 15 is 0 Å². The van der Waals surface area contributed by atoms with E-state index in [1.165, 1.54) is 13.0 Å². The van der Waals surface area contributed by atoms with E-state index in [0.717, 1.165) is 9.87 Å². The molecule has 11 heteroatoms. The molecule has 2 atom stereocenters. The van der Waals surface area contributed by atoms with Gasteiger partial charge in [0.05, 0.1) is 10.4 Å². The highest BCUT2D eigenvalue weighted by Gasteiger charge is 2.44. The Balaban J connectivity index is 1.74. The van der Waals surface area contributed by atoms with Gasteiger partial charge in [0.15, 0.2) is 0 Å². The Morgan fingerprint density at radius 3 is 1.95 bits per heavy atom. The Morgan fingerprint density at radius 2 is 1.45 bits per heavy atom. The predicted molar refractivity (Wildman–Crippen MR) is 145 cm³/mol. The summed E-state index contributed by atoms with van der Waals surface area (Å²) in [6.45, 7) is 6.39. The zero-order valence-electron chi connectivity index (χ0n) is 21.7. The van der Waals surface area contributed by atoms with Crippen LogP contribution in [-0.4, -0.2) is 59.8 Å². The quantitative estimate of drug-likeness (QED) is 0.325. The number of carboxylic acids is 1. The van der Waals surface area contributed by atoms with E-state index in [0.29, 0.717) is 11.1 Å². The van der Waals surface area contributed by atoms with Crippen LogP contribution in [0.15, 0.2) is 60.7 Å². The molecule has 0 bridgehead atoms. The summed E-state index contributed by atoms with van der Waals surface area (Å²) in [5.74, 6) is -2.80. The summed E-state index contributed by atoms with van der Waals surface area (Å²) in [6, 6.07) is 13.2. The highest BCUT2D eigenvalue weighted by molar-refractivity contribution is 8.31. The smallest absolute Gasteiger partial charge is 0.326 e. The average molecular weight is 544 g/mol. The van der Waals surface area contributed by atoms with E-state index in [2.05, 4.69) is 10.6 Å². The number of carbonyl (C=O) groups excluding carboxylic acids is 3. The molecule has 3 rings (SSSR count). The van der Waals surface area contributed by atoms with Gasteiger partial charge in [0.2, 0.25) is 11.8 Å². The highest BCUT2D eigenvalue weighted by Crippen LogP contribution is 2.62. The third kappa shape index (κ3) is 6.80. The van der Waals surface area contributed by atoms with Crippen molar-refractivity contribution in [3.63, 3.8) is 0 Å². The molecular formula is C27H33N3O7S. The molecule has 38 heavy (non-hydrogen) atoms. The van der Waals surface area contributed by atoms with Crippen LogP contribution >= 0.6 is 10.8 Å². The van der Waals surface area contributed by atoms with Crippen LogP contribution in [0.25, 0.3) is 4.91 Å². The molecule has 204 valence electrons.